The number of carbonyl (C=O) groups excluding carboxylic acids is 2. The summed E-state index contributed by atoms with van der Waals surface area (Å²) < 4.78 is 30.6. The van der Waals surface area contributed by atoms with Gasteiger partial charge in [-0.2, -0.15) is 4.39 Å². The molecule has 12 heteroatoms. The van der Waals surface area contributed by atoms with Gasteiger partial charge in [0.05, 0.1) is 15.9 Å². The summed E-state index contributed by atoms with van der Waals surface area (Å²) >= 11 is 12.5. The zero-order valence-corrected chi connectivity index (χ0v) is 23.5. The molecule has 0 aromatic heterocycles. The fraction of sp³-hybridized carbons (Fsp3) is 0.333. The first-order valence-electron chi connectivity index (χ1n) is 13.7. The maximum atomic E-state index is 15.9. The Morgan fingerprint density at radius 3 is 2.57 bits per heavy atom. The summed E-state index contributed by atoms with van der Waals surface area (Å²) in [5.74, 6) is -4.00. The van der Waals surface area contributed by atoms with Crippen molar-refractivity contribution in [2.45, 2.75) is 36.8 Å². The molecule has 2 amide bonds. The minimum Gasteiger partial charge on any atom is -0.324 e. The van der Waals surface area contributed by atoms with Crippen LogP contribution in [-0.4, -0.2) is 46.3 Å². The first kappa shape index (κ1) is 27.2. The van der Waals surface area contributed by atoms with Crippen molar-refractivity contribution in [3.63, 3.8) is 0 Å². The molecular weight excluding hydrogens is 589 g/mol. The van der Waals surface area contributed by atoms with E-state index in [0.29, 0.717) is 23.2 Å². The summed E-state index contributed by atoms with van der Waals surface area (Å²) in [6.45, 7) is 0.626. The highest BCUT2D eigenvalue weighted by molar-refractivity contribution is 6.31. The summed E-state index contributed by atoms with van der Waals surface area (Å²) in [5, 5.41) is 14.5. The Bertz CT molecular complexity index is 1680. The minimum absolute atomic E-state index is 0.106. The fourth-order valence-electron chi connectivity index (χ4n) is 7.20. The van der Waals surface area contributed by atoms with E-state index in [1.165, 1.54) is 17.0 Å². The maximum absolute atomic E-state index is 15.9. The fourth-order valence-corrected chi connectivity index (χ4v) is 7.55. The number of benzene rings is 3. The van der Waals surface area contributed by atoms with Crippen LogP contribution in [0.3, 0.4) is 0 Å². The average Bonchev–Trinajstić information content (AvgIpc) is 3.66. The van der Waals surface area contributed by atoms with Crippen molar-refractivity contribution in [2.75, 3.05) is 23.3 Å². The second-order valence-corrected chi connectivity index (χ2v) is 12.4. The molecule has 1 aliphatic carbocycles. The third kappa shape index (κ3) is 4.03. The molecule has 0 radical (unpaired) electrons. The van der Waals surface area contributed by atoms with Gasteiger partial charge in [0.15, 0.2) is 0 Å². The predicted molar refractivity (Wildman–Crippen MR) is 153 cm³/mol. The van der Waals surface area contributed by atoms with Gasteiger partial charge in [-0.15, -0.1) is 0 Å². The van der Waals surface area contributed by atoms with Crippen molar-refractivity contribution in [1.29, 1.82) is 0 Å². The van der Waals surface area contributed by atoms with E-state index in [1.54, 1.807) is 24.3 Å². The standard InChI is InChI=1S/C30H24Cl2F2N4O4/c31-17-7-6-16-12-30(29(40)35-22(16)10-17)26(19-2-1-3-20(32)27(19)34)25-24(37(30)13-15-4-5-15)14-36(28(25)39)18-8-9-23(38(41)42)21(33)11-18/h1-3,6-11,15,24-26H,4-5,12-14H2,(H,35,40)/t24-,25+,26-,30+/m0/s1. The lowest BCUT2D eigenvalue weighted by atomic mass is 9.69. The molecule has 3 fully saturated rings. The number of nitro groups is 1. The second-order valence-electron chi connectivity index (χ2n) is 11.5. The zero-order chi connectivity index (χ0) is 29.5. The maximum Gasteiger partial charge on any atom is 0.304 e. The van der Waals surface area contributed by atoms with Crippen molar-refractivity contribution < 1.29 is 23.3 Å². The lowest BCUT2D eigenvalue weighted by Gasteiger charge is -2.46. The molecular formula is C30H24Cl2F2N4O4. The molecule has 3 aromatic rings. The molecule has 4 atom stereocenters. The molecule has 4 aliphatic rings. The summed E-state index contributed by atoms with van der Waals surface area (Å²) in [7, 11) is 0. The van der Waals surface area contributed by atoms with Gasteiger partial charge in [0.1, 0.15) is 11.4 Å². The molecule has 3 heterocycles. The Morgan fingerprint density at radius 1 is 1.07 bits per heavy atom. The van der Waals surface area contributed by atoms with Gasteiger partial charge in [0.2, 0.25) is 17.6 Å². The van der Waals surface area contributed by atoms with Crippen LogP contribution in [0.5, 0.6) is 0 Å². The number of nitrogens with zero attached hydrogens (tertiary/aromatic N) is 3. The van der Waals surface area contributed by atoms with E-state index >= 15 is 4.39 Å². The van der Waals surface area contributed by atoms with Crippen LogP contribution in [0.4, 0.5) is 25.8 Å². The van der Waals surface area contributed by atoms with Crippen molar-refractivity contribution in [3.05, 3.63) is 97.5 Å². The zero-order valence-electron chi connectivity index (χ0n) is 22.0. The molecule has 0 bridgehead atoms. The van der Waals surface area contributed by atoms with Gasteiger partial charge in [-0.05, 0) is 54.2 Å². The van der Waals surface area contributed by atoms with Crippen LogP contribution in [0.15, 0.2) is 54.6 Å². The normalized spacial score (nSPS) is 26.9. The number of anilines is 2. The molecule has 7 rings (SSSR count). The van der Waals surface area contributed by atoms with Crippen LogP contribution in [0.1, 0.15) is 29.9 Å². The number of amides is 2. The Kier molecular flexibility index (Phi) is 6.31. The average molecular weight is 613 g/mol. The van der Waals surface area contributed by atoms with Crippen LogP contribution in [-0.2, 0) is 16.0 Å². The Labute approximate surface area is 249 Å². The van der Waals surface area contributed by atoms with Crippen LogP contribution >= 0.6 is 23.2 Å². The Balaban J connectivity index is 1.40. The number of likely N-dealkylation sites (tertiary alicyclic amines) is 1. The van der Waals surface area contributed by atoms with Gasteiger partial charge in [0.25, 0.3) is 0 Å². The lowest BCUT2D eigenvalue weighted by molar-refractivity contribution is -0.387. The van der Waals surface area contributed by atoms with E-state index < -0.39 is 51.6 Å². The number of carbonyl (C=O) groups is 2. The third-order valence-electron chi connectivity index (χ3n) is 9.20. The molecule has 0 unspecified atom stereocenters. The van der Waals surface area contributed by atoms with Gasteiger partial charge in [0, 0.05) is 60.0 Å². The van der Waals surface area contributed by atoms with E-state index in [9.17, 15) is 24.1 Å². The second kappa shape index (κ2) is 9.72. The van der Waals surface area contributed by atoms with Crippen molar-refractivity contribution in [2.24, 2.45) is 11.8 Å². The first-order chi connectivity index (χ1) is 20.1. The van der Waals surface area contributed by atoms with E-state index in [1.807, 2.05) is 6.07 Å². The van der Waals surface area contributed by atoms with Crippen LogP contribution in [0, 0.1) is 33.6 Å². The molecule has 3 aromatic carbocycles. The lowest BCUT2D eigenvalue weighted by Crippen LogP contribution is -2.62. The van der Waals surface area contributed by atoms with E-state index in [2.05, 4.69) is 10.2 Å². The smallest absolute Gasteiger partial charge is 0.304 e. The number of rotatable bonds is 5. The summed E-state index contributed by atoms with van der Waals surface area (Å²) in [6.07, 6.45) is 2.17. The monoisotopic (exact) mass is 612 g/mol. The highest BCUT2D eigenvalue weighted by Crippen LogP contribution is 2.58. The van der Waals surface area contributed by atoms with Crippen molar-refractivity contribution in [1.82, 2.24) is 4.90 Å². The van der Waals surface area contributed by atoms with Gasteiger partial charge in [-0.25, -0.2) is 4.39 Å². The Morgan fingerprint density at radius 2 is 1.86 bits per heavy atom. The number of halogens is 4. The van der Waals surface area contributed by atoms with E-state index in [0.717, 1.165) is 30.5 Å². The summed E-state index contributed by atoms with van der Waals surface area (Å²) in [6, 6.07) is 12.7. The number of nitrogens with one attached hydrogen (secondary N) is 1. The van der Waals surface area contributed by atoms with Crippen molar-refractivity contribution >= 4 is 52.1 Å². The van der Waals surface area contributed by atoms with Crippen LogP contribution in [0.25, 0.3) is 0 Å². The SMILES string of the molecule is O=C1[C@@H]2[C@H](CN1c1ccc([N+](=O)[O-])c(F)c1)N(CC1CC1)[C@]1(Cc3ccc(Cl)cc3NC1=O)[C@H]2c1cccc(Cl)c1F. The largest absolute Gasteiger partial charge is 0.324 e. The van der Waals surface area contributed by atoms with Gasteiger partial charge in [-0.3, -0.25) is 24.6 Å². The molecule has 1 saturated carbocycles. The molecule has 2 saturated heterocycles. The van der Waals surface area contributed by atoms with Crippen LogP contribution < -0.4 is 10.2 Å². The highest BCUT2D eigenvalue weighted by atomic mass is 35.5. The number of hydrogen-bond donors (Lipinski definition) is 1. The number of nitro benzene ring substituents is 1. The molecule has 216 valence electrons. The van der Waals surface area contributed by atoms with Gasteiger partial charge in [-0.1, -0.05) is 41.4 Å². The van der Waals surface area contributed by atoms with E-state index in [-0.39, 0.29) is 35.1 Å². The van der Waals surface area contributed by atoms with Crippen LogP contribution in [0.2, 0.25) is 10.0 Å². The van der Waals surface area contributed by atoms with Crippen molar-refractivity contribution in [3.8, 4) is 0 Å². The summed E-state index contributed by atoms with van der Waals surface area (Å²) in [4.78, 5) is 42.4. The first-order valence-corrected chi connectivity index (χ1v) is 14.4. The number of fused-ring (bicyclic) bond motifs is 2. The quantitative estimate of drug-likeness (QED) is 0.283. The third-order valence-corrected chi connectivity index (χ3v) is 9.73. The molecule has 42 heavy (non-hydrogen) atoms. The topological polar surface area (TPSA) is 95.8 Å². The highest BCUT2D eigenvalue weighted by Gasteiger charge is 2.69. The van der Waals surface area contributed by atoms with Gasteiger partial charge < -0.3 is 10.2 Å². The summed E-state index contributed by atoms with van der Waals surface area (Å²) in [5.41, 5.74) is -0.302. The Hall–Kier alpha value is -3.60. The predicted octanol–water partition coefficient (Wildman–Crippen LogP) is 5.95. The molecule has 1 N–H and O–H groups in total. The molecule has 8 nitrogen and oxygen atoms in total. The molecule has 1 spiro atoms. The minimum atomic E-state index is -1.31. The molecule has 3 aliphatic heterocycles. The van der Waals surface area contributed by atoms with E-state index in [4.69, 9.17) is 23.2 Å². The number of hydrogen-bond acceptors (Lipinski definition) is 5. The van der Waals surface area contributed by atoms with Gasteiger partial charge >= 0.3 is 5.69 Å².